The Morgan fingerprint density at radius 1 is 1.44 bits per heavy atom. The van der Waals surface area contributed by atoms with Crippen molar-refractivity contribution in [1.82, 2.24) is 10.6 Å². The third-order valence-electron chi connectivity index (χ3n) is 3.57. The summed E-state index contributed by atoms with van der Waals surface area (Å²) in [7, 11) is 0. The van der Waals surface area contributed by atoms with E-state index in [-0.39, 0.29) is 12.0 Å². The van der Waals surface area contributed by atoms with Crippen molar-refractivity contribution in [3.8, 4) is 0 Å². The van der Waals surface area contributed by atoms with E-state index in [4.69, 9.17) is 5.11 Å². The molecule has 1 aliphatic heterocycles. The van der Waals surface area contributed by atoms with Gasteiger partial charge in [-0.1, -0.05) is 37.3 Å². The molecule has 0 aromatic heterocycles. The smallest absolute Gasteiger partial charge is 0.305 e. The molecule has 1 aromatic carbocycles. The fourth-order valence-electron chi connectivity index (χ4n) is 2.30. The Labute approximate surface area is 107 Å². The molecule has 0 bridgehead atoms. The van der Waals surface area contributed by atoms with E-state index < -0.39 is 5.97 Å². The van der Waals surface area contributed by atoms with Crippen molar-refractivity contribution in [3.63, 3.8) is 0 Å². The predicted octanol–water partition coefficient (Wildman–Crippen LogP) is 1.20. The molecule has 1 unspecified atom stereocenters. The zero-order valence-corrected chi connectivity index (χ0v) is 10.6. The van der Waals surface area contributed by atoms with E-state index in [1.54, 1.807) is 0 Å². The molecule has 0 spiro atoms. The van der Waals surface area contributed by atoms with Crippen LogP contribution in [-0.4, -0.2) is 36.2 Å². The normalized spacial score (nSPS) is 18.9. The molecule has 98 valence electrons. The van der Waals surface area contributed by atoms with Crippen LogP contribution >= 0.6 is 0 Å². The van der Waals surface area contributed by atoms with Gasteiger partial charge in [-0.25, -0.2) is 0 Å². The molecule has 0 aliphatic carbocycles. The summed E-state index contributed by atoms with van der Waals surface area (Å²) >= 11 is 0. The Bertz CT molecular complexity index is 402. The van der Waals surface area contributed by atoms with E-state index in [0.29, 0.717) is 5.92 Å². The van der Waals surface area contributed by atoms with Gasteiger partial charge in [0.2, 0.25) is 0 Å². The third kappa shape index (κ3) is 3.09. The lowest BCUT2D eigenvalue weighted by molar-refractivity contribution is -0.139. The number of hydrogen-bond donors (Lipinski definition) is 3. The molecule has 2 rings (SSSR count). The second kappa shape index (κ2) is 5.50. The predicted molar refractivity (Wildman–Crippen MR) is 70.7 cm³/mol. The molecule has 0 amide bonds. The van der Waals surface area contributed by atoms with Crippen molar-refractivity contribution in [2.75, 3.05) is 19.6 Å². The number of carbonyl (C=O) groups is 1. The summed E-state index contributed by atoms with van der Waals surface area (Å²) in [6, 6.07) is 10.3. The summed E-state index contributed by atoms with van der Waals surface area (Å²) in [6.07, 6.45) is 0.182. The Morgan fingerprint density at radius 3 is 2.61 bits per heavy atom. The third-order valence-corrected chi connectivity index (χ3v) is 3.57. The first-order valence-electron chi connectivity index (χ1n) is 6.34. The van der Waals surface area contributed by atoms with Crippen LogP contribution in [0.25, 0.3) is 0 Å². The van der Waals surface area contributed by atoms with Crippen molar-refractivity contribution >= 4 is 5.97 Å². The molecule has 1 atom stereocenters. The molecule has 1 fully saturated rings. The first-order valence-corrected chi connectivity index (χ1v) is 6.34. The Kier molecular flexibility index (Phi) is 3.99. The average molecular weight is 248 g/mol. The lowest BCUT2D eigenvalue weighted by Gasteiger charge is -2.43. The summed E-state index contributed by atoms with van der Waals surface area (Å²) in [5, 5.41) is 15.5. The number of nitrogens with one attached hydrogen (secondary N) is 2. The highest BCUT2D eigenvalue weighted by atomic mass is 16.4. The molecule has 0 saturated carbocycles. The highest BCUT2D eigenvalue weighted by Gasteiger charge is 2.38. The van der Waals surface area contributed by atoms with Gasteiger partial charge >= 0.3 is 5.97 Å². The van der Waals surface area contributed by atoms with Crippen LogP contribution in [-0.2, 0) is 4.79 Å². The minimum Gasteiger partial charge on any atom is -0.481 e. The van der Waals surface area contributed by atoms with Gasteiger partial charge in [-0.3, -0.25) is 4.79 Å². The van der Waals surface area contributed by atoms with Crippen molar-refractivity contribution in [1.29, 1.82) is 0 Å². The SMILES string of the molecule is CC(CNC1(CC(=O)O)CNC1)c1ccccc1. The number of hydrogen-bond acceptors (Lipinski definition) is 3. The monoisotopic (exact) mass is 248 g/mol. The van der Waals surface area contributed by atoms with Crippen molar-refractivity contribution < 1.29 is 9.90 Å². The van der Waals surface area contributed by atoms with Gasteiger partial charge in [-0.05, 0) is 11.5 Å². The summed E-state index contributed by atoms with van der Waals surface area (Å²) in [6.45, 7) is 4.43. The van der Waals surface area contributed by atoms with Crippen LogP contribution in [0, 0.1) is 0 Å². The zero-order valence-electron chi connectivity index (χ0n) is 10.6. The van der Waals surface area contributed by atoms with E-state index >= 15 is 0 Å². The van der Waals surface area contributed by atoms with Crippen molar-refractivity contribution in [3.05, 3.63) is 35.9 Å². The highest BCUT2D eigenvalue weighted by Crippen LogP contribution is 2.19. The lowest BCUT2D eigenvalue weighted by atomic mass is 9.87. The number of carboxylic acids is 1. The fraction of sp³-hybridized carbons (Fsp3) is 0.500. The fourth-order valence-corrected chi connectivity index (χ4v) is 2.30. The van der Waals surface area contributed by atoms with E-state index in [0.717, 1.165) is 19.6 Å². The Hall–Kier alpha value is -1.39. The molecule has 4 nitrogen and oxygen atoms in total. The lowest BCUT2D eigenvalue weighted by Crippen LogP contribution is -2.68. The molecule has 1 heterocycles. The summed E-state index contributed by atoms with van der Waals surface area (Å²) in [4.78, 5) is 10.9. The van der Waals surface area contributed by atoms with Gasteiger partial charge in [0.05, 0.1) is 12.0 Å². The first-order chi connectivity index (χ1) is 8.61. The quantitative estimate of drug-likeness (QED) is 0.708. The minimum atomic E-state index is -0.739. The van der Waals surface area contributed by atoms with Crippen LogP contribution in [0.4, 0.5) is 0 Å². The van der Waals surface area contributed by atoms with E-state index in [9.17, 15) is 4.79 Å². The maximum atomic E-state index is 10.9. The molecule has 0 radical (unpaired) electrons. The molecular formula is C14H20N2O2. The molecule has 1 aromatic rings. The van der Waals surface area contributed by atoms with Gasteiger partial charge in [0.1, 0.15) is 0 Å². The van der Waals surface area contributed by atoms with Crippen LogP contribution in [0.3, 0.4) is 0 Å². The van der Waals surface area contributed by atoms with Crippen molar-refractivity contribution in [2.24, 2.45) is 0 Å². The molecule has 18 heavy (non-hydrogen) atoms. The van der Waals surface area contributed by atoms with Gasteiger partial charge in [0.25, 0.3) is 0 Å². The molecule has 1 aliphatic rings. The Morgan fingerprint density at radius 2 is 2.11 bits per heavy atom. The summed E-state index contributed by atoms with van der Waals surface area (Å²) in [5.41, 5.74) is 1.03. The first kappa shape index (κ1) is 13.1. The van der Waals surface area contributed by atoms with Gasteiger partial charge in [0.15, 0.2) is 0 Å². The van der Waals surface area contributed by atoms with Crippen molar-refractivity contribution in [2.45, 2.75) is 24.8 Å². The van der Waals surface area contributed by atoms with Crippen LogP contribution in [0.1, 0.15) is 24.8 Å². The maximum Gasteiger partial charge on any atom is 0.305 e. The summed E-state index contributed by atoms with van der Waals surface area (Å²) in [5.74, 6) is -0.353. The Balaban J connectivity index is 1.88. The average Bonchev–Trinajstić information content (AvgIpc) is 2.32. The van der Waals surface area contributed by atoms with Crippen LogP contribution in [0.15, 0.2) is 30.3 Å². The highest BCUT2D eigenvalue weighted by molar-refractivity contribution is 5.68. The zero-order chi connectivity index (χ0) is 13.0. The van der Waals surface area contributed by atoms with Gasteiger partial charge in [-0.15, -0.1) is 0 Å². The van der Waals surface area contributed by atoms with Gasteiger partial charge in [0, 0.05) is 19.6 Å². The molecule has 1 saturated heterocycles. The van der Waals surface area contributed by atoms with Crippen LogP contribution in [0.2, 0.25) is 0 Å². The number of benzene rings is 1. The van der Waals surface area contributed by atoms with E-state index in [1.807, 2.05) is 18.2 Å². The van der Waals surface area contributed by atoms with E-state index in [2.05, 4.69) is 29.7 Å². The second-order valence-corrected chi connectivity index (χ2v) is 5.15. The topological polar surface area (TPSA) is 61.4 Å². The van der Waals surface area contributed by atoms with Gasteiger partial charge < -0.3 is 15.7 Å². The standard InChI is InChI=1S/C14H20N2O2/c1-11(12-5-3-2-4-6-12)8-16-14(7-13(17)18)9-15-10-14/h2-6,11,15-16H,7-10H2,1H3,(H,17,18). The largest absolute Gasteiger partial charge is 0.481 e. The number of rotatable bonds is 6. The minimum absolute atomic E-state index is 0.182. The molecule has 4 heteroatoms. The molecular weight excluding hydrogens is 228 g/mol. The van der Waals surface area contributed by atoms with Crippen LogP contribution in [0.5, 0.6) is 0 Å². The second-order valence-electron chi connectivity index (χ2n) is 5.15. The number of carboxylic acid groups (broad SMARTS) is 1. The number of aliphatic carboxylic acids is 1. The maximum absolute atomic E-state index is 10.9. The molecule has 3 N–H and O–H groups in total. The summed E-state index contributed by atoms with van der Waals surface area (Å²) < 4.78 is 0. The van der Waals surface area contributed by atoms with Crippen LogP contribution < -0.4 is 10.6 Å². The van der Waals surface area contributed by atoms with Gasteiger partial charge in [-0.2, -0.15) is 0 Å². The van der Waals surface area contributed by atoms with E-state index in [1.165, 1.54) is 5.56 Å².